The summed E-state index contributed by atoms with van der Waals surface area (Å²) in [5.41, 5.74) is 3.34. The summed E-state index contributed by atoms with van der Waals surface area (Å²) in [5.74, 6) is -1.01. The highest BCUT2D eigenvalue weighted by atomic mass is 32.2. The first-order valence-electron chi connectivity index (χ1n) is 13.4. The molecule has 0 aromatic heterocycles. The van der Waals surface area contributed by atoms with Crippen LogP contribution in [-0.4, -0.2) is 60.7 Å². The van der Waals surface area contributed by atoms with Crippen molar-refractivity contribution in [2.45, 2.75) is 36.8 Å². The van der Waals surface area contributed by atoms with E-state index in [4.69, 9.17) is 5.11 Å². The molecular formula is C33H36N2O5S. The van der Waals surface area contributed by atoms with Crippen LogP contribution in [-0.2, 0) is 21.2 Å². The van der Waals surface area contributed by atoms with Crippen LogP contribution in [0.4, 0.5) is 0 Å². The van der Waals surface area contributed by atoms with Gasteiger partial charge in [-0.15, -0.1) is 0 Å². The van der Waals surface area contributed by atoms with Crippen LogP contribution in [0.3, 0.4) is 0 Å². The predicted octanol–water partition coefficient (Wildman–Crippen LogP) is 5.20. The zero-order valence-corrected chi connectivity index (χ0v) is 24.3. The van der Waals surface area contributed by atoms with E-state index in [1.165, 1.54) is 33.8 Å². The van der Waals surface area contributed by atoms with Gasteiger partial charge in [-0.05, 0) is 71.5 Å². The molecule has 0 aliphatic heterocycles. The second-order valence-electron chi connectivity index (χ2n) is 10.9. The largest absolute Gasteiger partial charge is 0.478 e. The van der Waals surface area contributed by atoms with Crippen molar-refractivity contribution in [1.29, 1.82) is 0 Å². The molecule has 0 aliphatic rings. The van der Waals surface area contributed by atoms with Crippen LogP contribution in [0.2, 0.25) is 0 Å². The van der Waals surface area contributed by atoms with Crippen LogP contribution in [0.5, 0.6) is 0 Å². The summed E-state index contributed by atoms with van der Waals surface area (Å²) >= 11 is 0. The lowest BCUT2D eigenvalue weighted by molar-refractivity contribution is -0.131. The summed E-state index contributed by atoms with van der Waals surface area (Å²) in [6.07, 6.45) is 2.45. The summed E-state index contributed by atoms with van der Waals surface area (Å²) in [6.45, 7) is 4.33. The van der Waals surface area contributed by atoms with Crippen molar-refractivity contribution in [3.63, 3.8) is 0 Å². The van der Waals surface area contributed by atoms with Gasteiger partial charge < -0.3 is 15.5 Å². The number of β-amino-alcohol motifs (C(OH)–C–C–N with tert-alkyl or cyclic N) is 1. The van der Waals surface area contributed by atoms with Crippen LogP contribution >= 0.6 is 0 Å². The number of aliphatic carboxylic acids is 1. The average molecular weight is 573 g/mol. The Morgan fingerprint density at radius 2 is 1.54 bits per heavy atom. The normalized spacial score (nSPS) is 13.2. The van der Waals surface area contributed by atoms with Gasteiger partial charge in [0.05, 0.1) is 11.0 Å². The van der Waals surface area contributed by atoms with E-state index in [0.29, 0.717) is 0 Å². The van der Waals surface area contributed by atoms with E-state index in [9.17, 15) is 18.3 Å². The molecule has 8 heteroatoms. The quantitative estimate of drug-likeness (QED) is 0.202. The maximum atomic E-state index is 13.2. The van der Waals surface area contributed by atoms with Crippen molar-refractivity contribution in [3.05, 3.63) is 108 Å². The number of sulfonamides is 1. The number of nitrogens with zero attached hydrogens (tertiary/aromatic N) is 1. The number of aliphatic hydroxyl groups excluding tert-OH is 1. The van der Waals surface area contributed by atoms with Gasteiger partial charge in [0.15, 0.2) is 0 Å². The highest BCUT2D eigenvalue weighted by molar-refractivity contribution is 7.89. The Kier molecular flexibility index (Phi) is 9.40. The molecule has 4 aromatic carbocycles. The van der Waals surface area contributed by atoms with Crippen molar-refractivity contribution in [3.8, 4) is 11.1 Å². The van der Waals surface area contributed by atoms with Gasteiger partial charge in [0.1, 0.15) is 0 Å². The molecule has 4 rings (SSSR count). The van der Waals surface area contributed by atoms with Crippen LogP contribution in [0, 0.1) is 0 Å². The minimum absolute atomic E-state index is 0.0472. The lowest BCUT2D eigenvalue weighted by Gasteiger charge is -2.29. The SMILES string of the molecule is CN(CC(O)CNC(C)(C)Cc1ccc2ccccc2c1)S(=O)(=O)c1ccc(-c2ccc(C=CC(=O)O)cc2)cc1. The van der Waals surface area contributed by atoms with E-state index in [1.807, 2.05) is 24.3 Å². The van der Waals surface area contributed by atoms with E-state index >= 15 is 0 Å². The number of likely N-dealkylation sites (N-methyl/N-ethyl adjacent to an activating group) is 1. The predicted molar refractivity (Wildman–Crippen MR) is 164 cm³/mol. The molecule has 7 nitrogen and oxygen atoms in total. The highest BCUT2D eigenvalue weighted by Crippen LogP contribution is 2.24. The van der Waals surface area contributed by atoms with Gasteiger partial charge >= 0.3 is 5.97 Å². The molecule has 0 radical (unpaired) electrons. The van der Waals surface area contributed by atoms with Crippen LogP contribution in [0.1, 0.15) is 25.0 Å². The van der Waals surface area contributed by atoms with Crippen molar-refractivity contribution in [1.82, 2.24) is 9.62 Å². The fourth-order valence-corrected chi connectivity index (χ4v) is 5.94. The number of rotatable bonds is 12. The van der Waals surface area contributed by atoms with Crippen molar-refractivity contribution in [2.75, 3.05) is 20.1 Å². The third-order valence-corrected chi connectivity index (χ3v) is 8.81. The molecule has 0 fully saturated rings. The number of benzene rings is 4. The highest BCUT2D eigenvalue weighted by Gasteiger charge is 2.25. The molecular weight excluding hydrogens is 536 g/mol. The van der Waals surface area contributed by atoms with E-state index in [-0.39, 0.29) is 23.5 Å². The molecule has 4 aromatic rings. The topological polar surface area (TPSA) is 107 Å². The number of nitrogens with one attached hydrogen (secondary N) is 1. The van der Waals surface area contributed by atoms with E-state index < -0.39 is 22.1 Å². The van der Waals surface area contributed by atoms with Crippen molar-refractivity contribution < 1.29 is 23.4 Å². The lowest BCUT2D eigenvalue weighted by atomic mass is 9.93. The molecule has 214 valence electrons. The first-order chi connectivity index (χ1) is 19.4. The summed E-state index contributed by atoms with van der Waals surface area (Å²) < 4.78 is 27.5. The molecule has 0 saturated carbocycles. The van der Waals surface area contributed by atoms with Gasteiger partial charge in [0.25, 0.3) is 0 Å². The maximum Gasteiger partial charge on any atom is 0.328 e. The minimum atomic E-state index is -3.80. The molecule has 1 unspecified atom stereocenters. The second-order valence-corrected chi connectivity index (χ2v) is 12.9. The summed E-state index contributed by atoms with van der Waals surface area (Å²) in [7, 11) is -2.33. The van der Waals surface area contributed by atoms with E-state index in [1.54, 1.807) is 36.4 Å². The smallest absolute Gasteiger partial charge is 0.328 e. The molecule has 0 saturated heterocycles. The first-order valence-corrected chi connectivity index (χ1v) is 14.9. The summed E-state index contributed by atoms with van der Waals surface area (Å²) in [5, 5.41) is 25.2. The number of carboxylic acids is 1. The van der Waals surface area contributed by atoms with Gasteiger partial charge in [0.2, 0.25) is 10.0 Å². The maximum absolute atomic E-state index is 13.2. The Hall–Kier alpha value is -3.82. The third-order valence-electron chi connectivity index (χ3n) is 6.97. The van der Waals surface area contributed by atoms with Crippen LogP contribution in [0.25, 0.3) is 28.0 Å². The second kappa shape index (κ2) is 12.8. The van der Waals surface area contributed by atoms with Gasteiger partial charge in [0, 0.05) is 31.8 Å². The standard InChI is InChI=1S/C33H36N2O5S/c1-33(2,21-25-10-14-26-6-4-5-7-29(26)20-25)34-22-30(36)23-35(3)41(39,40)31-17-15-28(16-18-31)27-12-8-24(9-13-27)11-19-32(37)38/h4-20,30,34,36H,21-23H2,1-3H3,(H,37,38). The fourth-order valence-electron chi connectivity index (χ4n) is 4.73. The molecule has 0 heterocycles. The zero-order valence-electron chi connectivity index (χ0n) is 23.5. The number of carbonyl (C=O) groups is 1. The number of hydrogen-bond donors (Lipinski definition) is 3. The van der Waals surface area contributed by atoms with Gasteiger partial charge in [-0.25, -0.2) is 13.2 Å². The Bertz CT molecular complexity index is 1630. The minimum Gasteiger partial charge on any atom is -0.478 e. The van der Waals surface area contributed by atoms with E-state index in [2.05, 4.69) is 49.5 Å². The Balaban J connectivity index is 1.33. The molecule has 0 bridgehead atoms. The van der Waals surface area contributed by atoms with Crippen LogP contribution in [0.15, 0.2) is 102 Å². The van der Waals surface area contributed by atoms with Gasteiger partial charge in [-0.1, -0.05) is 78.9 Å². The molecule has 3 N–H and O–H groups in total. The van der Waals surface area contributed by atoms with Crippen molar-refractivity contribution >= 4 is 32.8 Å². The van der Waals surface area contributed by atoms with Gasteiger partial charge in [-0.2, -0.15) is 4.31 Å². The summed E-state index contributed by atoms with van der Waals surface area (Å²) in [4.78, 5) is 10.8. The Morgan fingerprint density at radius 1 is 0.927 bits per heavy atom. The van der Waals surface area contributed by atoms with Gasteiger partial charge in [-0.3, -0.25) is 0 Å². The average Bonchev–Trinajstić information content (AvgIpc) is 2.95. The number of fused-ring (bicyclic) bond motifs is 1. The Labute approximate surface area is 241 Å². The molecule has 0 spiro atoms. The monoisotopic (exact) mass is 572 g/mol. The fraction of sp³-hybridized carbons (Fsp3) is 0.242. The molecule has 1 atom stereocenters. The number of carboxylic acid groups (broad SMARTS) is 1. The van der Waals surface area contributed by atoms with Crippen LogP contribution < -0.4 is 5.32 Å². The Morgan fingerprint density at radius 3 is 2.17 bits per heavy atom. The summed E-state index contributed by atoms with van der Waals surface area (Å²) in [6, 6.07) is 28.5. The lowest BCUT2D eigenvalue weighted by Crippen LogP contribution is -2.47. The third kappa shape index (κ3) is 8.11. The number of hydrogen-bond acceptors (Lipinski definition) is 5. The molecule has 0 aliphatic carbocycles. The van der Waals surface area contributed by atoms with Crippen molar-refractivity contribution in [2.24, 2.45) is 0 Å². The molecule has 41 heavy (non-hydrogen) atoms. The molecule has 0 amide bonds. The first kappa shape index (κ1) is 30.1. The number of aliphatic hydroxyl groups is 1. The van der Waals surface area contributed by atoms with E-state index in [0.717, 1.165) is 29.2 Å². The zero-order chi connectivity index (χ0) is 29.6.